The average Bonchev–Trinajstić information content (AvgIpc) is 2.72. The summed E-state index contributed by atoms with van der Waals surface area (Å²) in [5.41, 5.74) is 0.932. The van der Waals surface area contributed by atoms with Gasteiger partial charge in [-0.05, 0) is 5.56 Å². The molecule has 0 radical (unpaired) electrons. The Kier molecular flexibility index (Phi) is 4.04. The minimum atomic E-state index is -0.724. The number of hydrogen-bond donors (Lipinski definition) is 2. The molecule has 0 aliphatic heterocycles. The van der Waals surface area contributed by atoms with E-state index in [-0.39, 0.29) is 25.0 Å². The van der Waals surface area contributed by atoms with Crippen molar-refractivity contribution in [2.24, 2.45) is 0 Å². The van der Waals surface area contributed by atoms with Crippen molar-refractivity contribution < 1.29 is 24.6 Å². The Morgan fingerprint density at radius 1 is 1.05 bits per heavy atom. The maximum absolute atomic E-state index is 11.4. The van der Waals surface area contributed by atoms with Crippen LogP contribution in [0.3, 0.4) is 0 Å². The van der Waals surface area contributed by atoms with Crippen LogP contribution in [0.1, 0.15) is 5.56 Å². The molecule has 1 aromatic carbocycles. The summed E-state index contributed by atoms with van der Waals surface area (Å²) in [5.74, 6) is -1.46. The number of aromatic hydroxyl groups is 2. The molecular weight excluding hydrogens is 250 g/mol. The Morgan fingerprint density at radius 2 is 1.68 bits per heavy atom. The number of benzene rings is 1. The number of hydrogen-bond acceptors (Lipinski definition) is 5. The van der Waals surface area contributed by atoms with Crippen LogP contribution in [0.25, 0.3) is 0 Å². The molecule has 2 rings (SSSR count). The maximum atomic E-state index is 11.4. The number of nitrogens with zero attached hydrogens (tertiary/aromatic N) is 1. The van der Waals surface area contributed by atoms with Gasteiger partial charge in [0.1, 0.15) is 6.61 Å². The average molecular weight is 263 g/mol. The predicted molar refractivity (Wildman–Crippen MR) is 65.4 cm³/mol. The van der Waals surface area contributed by atoms with Gasteiger partial charge in [-0.25, -0.2) is 4.79 Å². The summed E-state index contributed by atoms with van der Waals surface area (Å²) in [7, 11) is 0. The van der Waals surface area contributed by atoms with Crippen molar-refractivity contribution in [3.63, 3.8) is 0 Å². The molecule has 0 atom stereocenters. The fourth-order valence-corrected chi connectivity index (χ4v) is 1.45. The van der Waals surface area contributed by atoms with E-state index < -0.39 is 5.97 Å². The van der Waals surface area contributed by atoms with Crippen LogP contribution in [0, 0.1) is 0 Å². The third-order valence-electron chi connectivity index (χ3n) is 2.32. The molecule has 0 bridgehead atoms. The van der Waals surface area contributed by atoms with Gasteiger partial charge >= 0.3 is 5.97 Å². The van der Waals surface area contributed by atoms with E-state index in [2.05, 4.69) is 0 Å². The molecule has 0 saturated carbocycles. The fourth-order valence-electron chi connectivity index (χ4n) is 1.45. The molecule has 0 amide bonds. The molecule has 1 aromatic heterocycles. The molecule has 6 heteroatoms. The number of ether oxygens (including phenoxy) is 1. The highest BCUT2D eigenvalue weighted by molar-refractivity contribution is 5.71. The normalized spacial score (nSPS) is 10.3. The highest BCUT2D eigenvalue weighted by Crippen LogP contribution is 2.18. The van der Waals surface area contributed by atoms with Gasteiger partial charge in [0.05, 0.1) is 6.61 Å². The van der Waals surface area contributed by atoms with Crippen LogP contribution >= 0.6 is 0 Å². The number of aromatic nitrogens is 1. The smallest absolute Gasteiger partial charge is 0.358 e. The van der Waals surface area contributed by atoms with Gasteiger partial charge in [0.25, 0.3) is 0 Å². The van der Waals surface area contributed by atoms with Crippen molar-refractivity contribution in [1.29, 1.82) is 0 Å². The lowest BCUT2D eigenvalue weighted by atomic mass is 10.2. The van der Waals surface area contributed by atoms with Crippen LogP contribution in [0.2, 0.25) is 0 Å². The maximum Gasteiger partial charge on any atom is 0.358 e. The molecule has 2 N–H and O–H groups in total. The van der Waals surface area contributed by atoms with E-state index in [1.165, 1.54) is 12.1 Å². The summed E-state index contributed by atoms with van der Waals surface area (Å²) in [6.45, 7) is -0.00840. The Morgan fingerprint density at radius 3 is 2.32 bits per heavy atom. The molecule has 0 unspecified atom stereocenters. The minimum Gasteiger partial charge on any atom is -0.492 e. The number of rotatable bonds is 5. The van der Waals surface area contributed by atoms with Crippen molar-refractivity contribution in [1.82, 2.24) is 4.73 Å². The van der Waals surface area contributed by atoms with Gasteiger partial charge in [-0.3, -0.25) is 0 Å². The zero-order valence-electron chi connectivity index (χ0n) is 10.0. The van der Waals surface area contributed by atoms with E-state index in [1.54, 1.807) is 0 Å². The lowest BCUT2D eigenvalue weighted by Gasteiger charge is -2.07. The van der Waals surface area contributed by atoms with Crippen LogP contribution in [0.15, 0.2) is 42.5 Å². The SMILES string of the molecule is O=C(COCc1ccccc1)On1c(O)ccc1O. The summed E-state index contributed by atoms with van der Waals surface area (Å²) < 4.78 is 5.78. The summed E-state index contributed by atoms with van der Waals surface area (Å²) >= 11 is 0. The van der Waals surface area contributed by atoms with Gasteiger partial charge in [-0.2, -0.15) is 0 Å². The van der Waals surface area contributed by atoms with Gasteiger partial charge in [-0.15, -0.1) is 4.73 Å². The second kappa shape index (κ2) is 5.92. The predicted octanol–water partition coefficient (Wildman–Crippen LogP) is 1.07. The first-order chi connectivity index (χ1) is 9.16. The van der Waals surface area contributed by atoms with Gasteiger partial charge in [0.15, 0.2) is 0 Å². The third kappa shape index (κ3) is 3.49. The van der Waals surface area contributed by atoms with E-state index in [9.17, 15) is 15.0 Å². The van der Waals surface area contributed by atoms with E-state index in [4.69, 9.17) is 9.57 Å². The summed E-state index contributed by atoms with van der Waals surface area (Å²) in [6.07, 6.45) is 0. The van der Waals surface area contributed by atoms with Gasteiger partial charge in [0.2, 0.25) is 11.8 Å². The van der Waals surface area contributed by atoms with E-state index in [0.717, 1.165) is 5.56 Å². The van der Waals surface area contributed by atoms with Gasteiger partial charge in [0, 0.05) is 12.1 Å². The summed E-state index contributed by atoms with van der Waals surface area (Å²) in [6, 6.07) is 11.8. The molecule has 2 aromatic rings. The van der Waals surface area contributed by atoms with Crippen LogP contribution in [0.5, 0.6) is 11.8 Å². The second-order valence-electron chi connectivity index (χ2n) is 3.79. The van der Waals surface area contributed by atoms with Crippen molar-refractivity contribution in [3.05, 3.63) is 48.0 Å². The van der Waals surface area contributed by atoms with Crippen molar-refractivity contribution in [2.45, 2.75) is 6.61 Å². The molecule has 100 valence electrons. The quantitative estimate of drug-likeness (QED) is 0.843. The largest absolute Gasteiger partial charge is 0.492 e. The Hall–Kier alpha value is -2.47. The molecule has 0 saturated heterocycles. The first kappa shape index (κ1) is 13.0. The van der Waals surface area contributed by atoms with Crippen LogP contribution in [0.4, 0.5) is 0 Å². The molecule has 0 aliphatic carbocycles. The monoisotopic (exact) mass is 263 g/mol. The molecule has 0 fully saturated rings. The first-order valence-corrected chi connectivity index (χ1v) is 5.59. The van der Waals surface area contributed by atoms with E-state index in [0.29, 0.717) is 4.73 Å². The topological polar surface area (TPSA) is 80.9 Å². The molecule has 6 nitrogen and oxygen atoms in total. The van der Waals surface area contributed by atoms with Crippen molar-refractivity contribution in [2.75, 3.05) is 6.61 Å². The molecule has 19 heavy (non-hydrogen) atoms. The van der Waals surface area contributed by atoms with Crippen molar-refractivity contribution in [3.8, 4) is 11.8 Å². The lowest BCUT2D eigenvalue weighted by molar-refractivity contribution is -0.151. The lowest BCUT2D eigenvalue weighted by Crippen LogP contribution is -2.23. The fraction of sp³-hybridized carbons (Fsp3) is 0.154. The molecule has 0 aliphatic rings. The van der Waals surface area contributed by atoms with Crippen LogP contribution in [-0.2, 0) is 16.1 Å². The Bertz CT molecular complexity index is 530. The zero-order chi connectivity index (χ0) is 13.7. The zero-order valence-corrected chi connectivity index (χ0v) is 10.0. The van der Waals surface area contributed by atoms with E-state index >= 15 is 0 Å². The molecular formula is C13H13NO5. The molecule has 1 heterocycles. The number of carbonyl (C=O) groups excluding carboxylic acids is 1. The molecule has 0 spiro atoms. The van der Waals surface area contributed by atoms with Crippen molar-refractivity contribution >= 4 is 5.97 Å². The number of carbonyl (C=O) groups is 1. The summed E-state index contributed by atoms with van der Waals surface area (Å²) in [5, 5.41) is 18.5. The highest BCUT2D eigenvalue weighted by atomic mass is 16.7. The highest BCUT2D eigenvalue weighted by Gasteiger charge is 2.12. The van der Waals surface area contributed by atoms with E-state index in [1.807, 2.05) is 30.3 Å². The van der Waals surface area contributed by atoms with Crippen LogP contribution in [-0.4, -0.2) is 27.5 Å². The van der Waals surface area contributed by atoms with Crippen LogP contribution < -0.4 is 4.84 Å². The first-order valence-electron chi connectivity index (χ1n) is 5.59. The summed E-state index contributed by atoms with van der Waals surface area (Å²) in [4.78, 5) is 16.1. The van der Waals surface area contributed by atoms with Gasteiger partial charge < -0.3 is 19.8 Å². The minimum absolute atomic E-state index is 0.277. The third-order valence-corrected chi connectivity index (χ3v) is 2.32. The Labute approximate surface area is 109 Å². The Balaban J connectivity index is 1.79. The second-order valence-corrected chi connectivity index (χ2v) is 3.79. The van der Waals surface area contributed by atoms with Gasteiger partial charge in [-0.1, -0.05) is 30.3 Å². The standard InChI is InChI=1S/C13H13NO5/c15-11-6-7-12(16)14(11)19-13(17)9-18-8-10-4-2-1-3-5-10/h1-7,15-16H,8-9H2.